The molecule has 4 heteroatoms. The van der Waals surface area contributed by atoms with Crippen molar-refractivity contribution in [3.05, 3.63) is 84.0 Å². The fourth-order valence-electron chi connectivity index (χ4n) is 1.93. The van der Waals surface area contributed by atoms with Crippen molar-refractivity contribution in [1.29, 1.82) is 0 Å². The van der Waals surface area contributed by atoms with Gasteiger partial charge in [-0.2, -0.15) is 0 Å². The normalized spacial score (nSPS) is 11.3. The largest absolute Gasteiger partial charge is 0.245 e. The van der Waals surface area contributed by atoms with Crippen LogP contribution < -0.4 is 0 Å². The van der Waals surface area contributed by atoms with E-state index in [-0.39, 0.29) is 0 Å². The summed E-state index contributed by atoms with van der Waals surface area (Å²) in [4.78, 5) is 16.1. The molecule has 2 heterocycles. The molecular formula is C18H14N4. The SMILES string of the molecule is C(=C\c1ccncn1)/c1cccc(/C=C/c2ccncn2)c1. The molecular weight excluding hydrogens is 272 g/mol. The fourth-order valence-corrected chi connectivity index (χ4v) is 1.93. The van der Waals surface area contributed by atoms with Crippen molar-refractivity contribution in [3.63, 3.8) is 0 Å². The summed E-state index contributed by atoms with van der Waals surface area (Å²) in [6.07, 6.45) is 14.5. The van der Waals surface area contributed by atoms with Crippen LogP contribution in [0.2, 0.25) is 0 Å². The summed E-state index contributed by atoms with van der Waals surface area (Å²) in [6.45, 7) is 0. The molecule has 0 aliphatic rings. The van der Waals surface area contributed by atoms with Crippen molar-refractivity contribution < 1.29 is 0 Å². The van der Waals surface area contributed by atoms with Crippen molar-refractivity contribution in [2.75, 3.05) is 0 Å². The number of hydrogen-bond acceptors (Lipinski definition) is 4. The molecule has 0 spiro atoms. The van der Waals surface area contributed by atoms with Gasteiger partial charge in [0.1, 0.15) is 12.7 Å². The van der Waals surface area contributed by atoms with Crippen LogP contribution in [0.15, 0.2) is 61.4 Å². The topological polar surface area (TPSA) is 51.6 Å². The van der Waals surface area contributed by atoms with E-state index in [4.69, 9.17) is 0 Å². The molecule has 106 valence electrons. The van der Waals surface area contributed by atoms with Gasteiger partial charge in [0, 0.05) is 12.4 Å². The Kier molecular flexibility index (Phi) is 4.42. The lowest BCUT2D eigenvalue weighted by molar-refractivity contribution is 1.15. The maximum absolute atomic E-state index is 4.17. The number of aromatic nitrogens is 4. The third kappa shape index (κ3) is 3.93. The lowest BCUT2D eigenvalue weighted by Gasteiger charge is -1.97. The van der Waals surface area contributed by atoms with Gasteiger partial charge in [0.2, 0.25) is 0 Å². The first kappa shape index (κ1) is 13.8. The minimum Gasteiger partial charge on any atom is -0.245 e. The molecule has 0 atom stereocenters. The average molecular weight is 286 g/mol. The van der Waals surface area contributed by atoms with Crippen molar-refractivity contribution >= 4 is 24.3 Å². The fraction of sp³-hybridized carbons (Fsp3) is 0. The highest BCUT2D eigenvalue weighted by Crippen LogP contribution is 2.11. The Bertz CT molecular complexity index is 716. The van der Waals surface area contributed by atoms with Crippen molar-refractivity contribution in [3.8, 4) is 0 Å². The van der Waals surface area contributed by atoms with Crippen molar-refractivity contribution in [1.82, 2.24) is 19.9 Å². The summed E-state index contributed by atoms with van der Waals surface area (Å²) >= 11 is 0. The van der Waals surface area contributed by atoms with Crippen LogP contribution in [0, 0.1) is 0 Å². The second-order valence-corrected chi connectivity index (χ2v) is 4.61. The maximum atomic E-state index is 4.17. The molecule has 0 aliphatic heterocycles. The summed E-state index contributed by atoms with van der Waals surface area (Å²) in [7, 11) is 0. The molecule has 0 saturated carbocycles. The van der Waals surface area contributed by atoms with Crippen molar-refractivity contribution in [2.24, 2.45) is 0 Å². The van der Waals surface area contributed by atoms with Gasteiger partial charge in [-0.05, 0) is 41.5 Å². The molecule has 3 rings (SSSR count). The van der Waals surface area contributed by atoms with E-state index in [0.717, 1.165) is 22.5 Å². The average Bonchev–Trinajstić information content (AvgIpc) is 2.60. The van der Waals surface area contributed by atoms with Gasteiger partial charge in [-0.25, -0.2) is 19.9 Å². The minimum absolute atomic E-state index is 0.886. The Balaban J connectivity index is 1.75. The molecule has 22 heavy (non-hydrogen) atoms. The molecule has 0 fully saturated rings. The van der Waals surface area contributed by atoms with E-state index in [1.807, 2.05) is 42.5 Å². The molecule has 0 radical (unpaired) electrons. The Labute approximate surface area is 129 Å². The lowest BCUT2D eigenvalue weighted by Crippen LogP contribution is -1.81. The summed E-state index contributed by atoms with van der Waals surface area (Å²) in [5.41, 5.74) is 4.00. The molecule has 2 aromatic heterocycles. The van der Waals surface area contributed by atoms with Crippen LogP contribution in [-0.2, 0) is 0 Å². The number of benzene rings is 1. The molecule has 0 unspecified atom stereocenters. The van der Waals surface area contributed by atoms with Gasteiger partial charge < -0.3 is 0 Å². The number of rotatable bonds is 4. The standard InChI is InChI=1S/C18H14N4/c1-2-15(4-6-17-8-10-19-13-21-17)12-16(3-1)5-7-18-9-11-20-14-22-18/h1-14H/b6-4+,7-5+. The smallest absolute Gasteiger partial charge is 0.115 e. The third-order valence-corrected chi connectivity index (χ3v) is 3.01. The van der Waals surface area contributed by atoms with E-state index in [1.165, 1.54) is 0 Å². The van der Waals surface area contributed by atoms with Gasteiger partial charge in [-0.1, -0.05) is 30.4 Å². The van der Waals surface area contributed by atoms with Gasteiger partial charge in [-0.15, -0.1) is 0 Å². The van der Waals surface area contributed by atoms with E-state index < -0.39 is 0 Å². The van der Waals surface area contributed by atoms with Gasteiger partial charge in [0.15, 0.2) is 0 Å². The Hall–Kier alpha value is -3.14. The first-order chi connectivity index (χ1) is 10.9. The van der Waals surface area contributed by atoms with Gasteiger partial charge in [0.25, 0.3) is 0 Å². The van der Waals surface area contributed by atoms with Crippen LogP contribution in [0.1, 0.15) is 22.5 Å². The van der Waals surface area contributed by atoms with E-state index in [1.54, 1.807) is 25.0 Å². The highest BCUT2D eigenvalue weighted by atomic mass is 14.8. The zero-order chi connectivity index (χ0) is 15.0. The predicted octanol–water partition coefficient (Wildman–Crippen LogP) is 3.61. The van der Waals surface area contributed by atoms with Gasteiger partial charge >= 0.3 is 0 Å². The van der Waals surface area contributed by atoms with Gasteiger partial charge in [-0.3, -0.25) is 0 Å². The second kappa shape index (κ2) is 7.04. The van der Waals surface area contributed by atoms with E-state index in [0.29, 0.717) is 0 Å². The van der Waals surface area contributed by atoms with Crippen LogP contribution >= 0.6 is 0 Å². The molecule has 3 aromatic rings. The van der Waals surface area contributed by atoms with Crippen LogP contribution in [0.3, 0.4) is 0 Å². The minimum atomic E-state index is 0.886. The lowest BCUT2D eigenvalue weighted by atomic mass is 10.1. The summed E-state index contributed by atoms with van der Waals surface area (Å²) in [5, 5.41) is 0. The Morgan fingerprint density at radius 1 is 0.636 bits per heavy atom. The molecule has 4 nitrogen and oxygen atoms in total. The van der Waals surface area contributed by atoms with E-state index in [9.17, 15) is 0 Å². The Morgan fingerprint density at radius 3 is 1.64 bits per heavy atom. The van der Waals surface area contributed by atoms with Crippen molar-refractivity contribution in [2.45, 2.75) is 0 Å². The summed E-state index contributed by atoms with van der Waals surface area (Å²) in [5.74, 6) is 0. The molecule has 0 bridgehead atoms. The predicted molar refractivity (Wildman–Crippen MR) is 88.4 cm³/mol. The molecule has 1 aromatic carbocycles. The van der Waals surface area contributed by atoms with Crippen LogP contribution in [0.4, 0.5) is 0 Å². The highest BCUT2D eigenvalue weighted by Gasteiger charge is 1.92. The van der Waals surface area contributed by atoms with Gasteiger partial charge in [0.05, 0.1) is 11.4 Å². The highest BCUT2D eigenvalue weighted by molar-refractivity contribution is 5.72. The van der Waals surface area contributed by atoms with E-state index in [2.05, 4.69) is 38.1 Å². The Morgan fingerprint density at radius 2 is 1.18 bits per heavy atom. The summed E-state index contributed by atoms with van der Waals surface area (Å²) in [6, 6.07) is 12.0. The third-order valence-electron chi connectivity index (χ3n) is 3.01. The van der Waals surface area contributed by atoms with E-state index >= 15 is 0 Å². The number of nitrogens with zero attached hydrogens (tertiary/aromatic N) is 4. The second-order valence-electron chi connectivity index (χ2n) is 4.61. The maximum Gasteiger partial charge on any atom is 0.115 e. The number of hydrogen-bond donors (Lipinski definition) is 0. The summed E-state index contributed by atoms with van der Waals surface area (Å²) < 4.78 is 0. The van der Waals surface area contributed by atoms with Crippen LogP contribution in [0.5, 0.6) is 0 Å². The van der Waals surface area contributed by atoms with Crippen LogP contribution in [-0.4, -0.2) is 19.9 Å². The molecule has 0 saturated heterocycles. The first-order valence-electron chi connectivity index (χ1n) is 6.88. The van der Waals surface area contributed by atoms with Crippen LogP contribution in [0.25, 0.3) is 24.3 Å². The molecule has 0 amide bonds. The quantitative estimate of drug-likeness (QED) is 0.735. The molecule has 0 aliphatic carbocycles. The monoisotopic (exact) mass is 286 g/mol. The zero-order valence-electron chi connectivity index (χ0n) is 11.9. The zero-order valence-corrected chi connectivity index (χ0v) is 11.9. The first-order valence-corrected chi connectivity index (χ1v) is 6.88. The molecule has 0 N–H and O–H groups in total.